The smallest absolute Gasteiger partial charge is 0.225 e. The molecule has 1 aliphatic heterocycles. The lowest BCUT2D eigenvalue weighted by molar-refractivity contribution is -0.127. The molecule has 0 aromatic heterocycles. The summed E-state index contributed by atoms with van der Waals surface area (Å²) in [6.07, 6.45) is 1.33. The molecule has 31 heavy (non-hydrogen) atoms. The summed E-state index contributed by atoms with van der Waals surface area (Å²) >= 11 is 0. The molecule has 1 fully saturated rings. The van der Waals surface area contributed by atoms with Gasteiger partial charge >= 0.3 is 0 Å². The van der Waals surface area contributed by atoms with Crippen LogP contribution in [0.25, 0.3) is 11.1 Å². The molecule has 1 heterocycles. The van der Waals surface area contributed by atoms with E-state index in [0.29, 0.717) is 19.5 Å². The maximum Gasteiger partial charge on any atom is 0.225 e. The number of hydrogen-bond acceptors (Lipinski definition) is 3. The van der Waals surface area contributed by atoms with Crippen molar-refractivity contribution in [2.75, 3.05) is 20.2 Å². The highest BCUT2D eigenvalue weighted by Crippen LogP contribution is 2.36. The Bertz CT molecular complexity index is 1050. The van der Waals surface area contributed by atoms with E-state index in [2.05, 4.69) is 29.2 Å². The summed E-state index contributed by atoms with van der Waals surface area (Å²) in [6, 6.07) is 22.7. The second-order valence-corrected chi connectivity index (χ2v) is 8.31. The lowest BCUT2D eigenvalue weighted by atomic mass is 9.80. The first-order valence-electron chi connectivity index (χ1n) is 10.5. The molecule has 0 spiro atoms. The van der Waals surface area contributed by atoms with Gasteiger partial charge in [0.2, 0.25) is 5.91 Å². The molecule has 1 amide bonds. The molecule has 0 aliphatic carbocycles. The van der Waals surface area contributed by atoms with Gasteiger partial charge in [0.25, 0.3) is 0 Å². The fraction of sp³-hybridized carbons (Fsp3) is 0.269. The van der Waals surface area contributed by atoms with Crippen molar-refractivity contribution in [3.8, 4) is 16.9 Å². The number of methoxy groups -OCH3 is 1. The molecule has 5 heteroatoms. The Morgan fingerprint density at radius 2 is 1.71 bits per heavy atom. The Hall–Kier alpha value is -3.18. The summed E-state index contributed by atoms with van der Waals surface area (Å²) in [5, 5.41) is 0. The number of carbonyl (C=O) groups excluding carboxylic acids is 1. The molecule has 1 atom stereocenters. The number of rotatable bonds is 7. The standard InChI is InChI=1S/C26H27FN2O2/c1-31-24-5-3-2-4-23(24)21-10-6-19(7-11-21)16-26(25(28)30)14-15-29(18-26)17-20-8-12-22(27)13-9-20/h2-13H,14-18H2,1H3,(H2,28,30). The van der Waals surface area contributed by atoms with Gasteiger partial charge in [0, 0.05) is 18.7 Å². The largest absolute Gasteiger partial charge is 0.496 e. The summed E-state index contributed by atoms with van der Waals surface area (Å²) < 4.78 is 18.6. The molecule has 1 aliphatic rings. The Balaban J connectivity index is 1.48. The number of halogens is 1. The van der Waals surface area contributed by atoms with Crippen molar-refractivity contribution in [1.82, 2.24) is 4.90 Å². The monoisotopic (exact) mass is 418 g/mol. The van der Waals surface area contributed by atoms with E-state index in [1.165, 1.54) is 12.1 Å². The number of amides is 1. The van der Waals surface area contributed by atoms with Gasteiger partial charge in [-0.1, -0.05) is 54.6 Å². The normalized spacial score (nSPS) is 18.8. The van der Waals surface area contributed by atoms with Gasteiger partial charge < -0.3 is 10.5 Å². The van der Waals surface area contributed by atoms with Gasteiger partial charge in [0.1, 0.15) is 11.6 Å². The number of ether oxygens (including phenoxy) is 1. The highest BCUT2D eigenvalue weighted by molar-refractivity contribution is 5.82. The van der Waals surface area contributed by atoms with Crippen LogP contribution in [0, 0.1) is 11.2 Å². The molecule has 1 unspecified atom stereocenters. The summed E-state index contributed by atoms with van der Waals surface area (Å²) in [4.78, 5) is 14.7. The lowest BCUT2D eigenvalue weighted by Gasteiger charge is -2.26. The van der Waals surface area contributed by atoms with Crippen LogP contribution in [-0.4, -0.2) is 31.0 Å². The average Bonchev–Trinajstić information content (AvgIpc) is 3.19. The van der Waals surface area contributed by atoms with E-state index in [-0.39, 0.29) is 11.7 Å². The Labute approximate surface area is 182 Å². The van der Waals surface area contributed by atoms with Crippen LogP contribution in [0.1, 0.15) is 17.5 Å². The Morgan fingerprint density at radius 3 is 2.39 bits per heavy atom. The minimum atomic E-state index is -0.591. The van der Waals surface area contributed by atoms with Crippen molar-refractivity contribution >= 4 is 5.91 Å². The maximum absolute atomic E-state index is 13.2. The van der Waals surface area contributed by atoms with Crippen molar-refractivity contribution in [2.45, 2.75) is 19.4 Å². The molecule has 0 saturated carbocycles. The van der Waals surface area contributed by atoms with E-state index in [0.717, 1.165) is 41.0 Å². The number of likely N-dealkylation sites (tertiary alicyclic amines) is 1. The molecule has 3 aromatic carbocycles. The molecule has 4 rings (SSSR count). The van der Waals surface area contributed by atoms with Gasteiger partial charge in [-0.3, -0.25) is 9.69 Å². The van der Waals surface area contributed by atoms with Crippen LogP contribution in [0.4, 0.5) is 4.39 Å². The van der Waals surface area contributed by atoms with Crippen LogP contribution in [0.3, 0.4) is 0 Å². The maximum atomic E-state index is 13.2. The number of para-hydroxylation sites is 1. The predicted octanol–water partition coefficient (Wildman–Crippen LogP) is 4.42. The summed E-state index contributed by atoms with van der Waals surface area (Å²) in [5.41, 5.74) is 9.51. The molecular formula is C26H27FN2O2. The molecule has 0 bridgehead atoms. The minimum absolute atomic E-state index is 0.242. The molecule has 2 N–H and O–H groups in total. The van der Waals surface area contributed by atoms with E-state index in [4.69, 9.17) is 10.5 Å². The van der Waals surface area contributed by atoms with Crippen LogP contribution >= 0.6 is 0 Å². The van der Waals surface area contributed by atoms with E-state index < -0.39 is 5.41 Å². The fourth-order valence-electron chi connectivity index (χ4n) is 4.45. The molecular weight excluding hydrogens is 391 g/mol. The minimum Gasteiger partial charge on any atom is -0.496 e. The van der Waals surface area contributed by atoms with Crippen molar-refractivity contribution in [1.29, 1.82) is 0 Å². The number of primary amides is 1. The third-order valence-corrected chi connectivity index (χ3v) is 6.19. The highest BCUT2D eigenvalue weighted by Gasteiger charge is 2.43. The lowest BCUT2D eigenvalue weighted by Crippen LogP contribution is -2.41. The zero-order valence-electron chi connectivity index (χ0n) is 17.7. The summed E-state index contributed by atoms with van der Waals surface area (Å²) in [6.45, 7) is 2.08. The van der Waals surface area contributed by atoms with Gasteiger partial charge in [0.15, 0.2) is 0 Å². The molecule has 3 aromatic rings. The van der Waals surface area contributed by atoms with E-state index >= 15 is 0 Å². The first-order chi connectivity index (χ1) is 15.0. The third kappa shape index (κ3) is 4.62. The quantitative estimate of drug-likeness (QED) is 0.618. The molecule has 0 radical (unpaired) electrons. The van der Waals surface area contributed by atoms with E-state index in [1.807, 2.05) is 24.3 Å². The third-order valence-electron chi connectivity index (χ3n) is 6.19. The van der Waals surface area contributed by atoms with Crippen LogP contribution < -0.4 is 10.5 Å². The second-order valence-electron chi connectivity index (χ2n) is 8.31. The first kappa shape index (κ1) is 21.1. The molecule has 160 valence electrons. The SMILES string of the molecule is COc1ccccc1-c1ccc(CC2(C(N)=O)CCN(Cc3ccc(F)cc3)C2)cc1. The molecule has 4 nitrogen and oxygen atoms in total. The van der Waals surface area contributed by atoms with Crippen molar-refractivity contribution in [3.05, 3.63) is 89.7 Å². The first-order valence-corrected chi connectivity index (χ1v) is 10.5. The highest BCUT2D eigenvalue weighted by atomic mass is 19.1. The number of nitrogens with two attached hydrogens (primary N) is 1. The van der Waals surface area contributed by atoms with Gasteiger partial charge in [-0.15, -0.1) is 0 Å². The van der Waals surface area contributed by atoms with Gasteiger partial charge in [-0.05, 0) is 54.3 Å². The van der Waals surface area contributed by atoms with Gasteiger partial charge in [-0.2, -0.15) is 0 Å². The van der Waals surface area contributed by atoms with Crippen molar-refractivity contribution in [2.24, 2.45) is 11.1 Å². The summed E-state index contributed by atoms with van der Waals surface area (Å²) in [7, 11) is 1.67. The molecule has 1 saturated heterocycles. The number of hydrogen-bond donors (Lipinski definition) is 1. The number of carbonyl (C=O) groups is 1. The van der Waals surface area contributed by atoms with Gasteiger partial charge in [-0.25, -0.2) is 4.39 Å². The van der Waals surface area contributed by atoms with E-state index in [9.17, 15) is 9.18 Å². The fourth-order valence-corrected chi connectivity index (χ4v) is 4.45. The van der Waals surface area contributed by atoms with Crippen LogP contribution in [0.5, 0.6) is 5.75 Å². The van der Waals surface area contributed by atoms with Crippen molar-refractivity contribution < 1.29 is 13.9 Å². The second kappa shape index (κ2) is 8.90. The number of nitrogens with zero attached hydrogens (tertiary/aromatic N) is 1. The Morgan fingerprint density at radius 1 is 1.03 bits per heavy atom. The number of benzene rings is 3. The summed E-state index contributed by atoms with van der Waals surface area (Å²) in [5.74, 6) is 0.326. The zero-order chi connectivity index (χ0) is 21.8. The van der Waals surface area contributed by atoms with Crippen LogP contribution in [0.2, 0.25) is 0 Å². The zero-order valence-corrected chi connectivity index (χ0v) is 17.7. The van der Waals surface area contributed by atoms with Gasteiger partial charge in [0.05, 0.1) is 12.5 Å². The van der Waals surface area contributed by atoms with Crippen molar-refractivity contribution in [3.63, 3.8) is 0 Å². The predicted molar refractivity (Wildman–Crippen MR) is 120 cm³/mol. The van der Waals surface area contributed by atoms with Crippen LogP contribution in [-0.2, 0) is 17.8 Å². The van der Waals surface area contributed by atoms with E-state index in [1.54, 1.807) is 19.2 Å². The average molecular weight is 419 g/mol. The Kier molecular flexibility index (Phi) is 6.05. The topological polar surface area (TPSA) is 55.6 Å². The van der Waals surface area contributed by atoms with Crippen LogP contribution in [0.15, 0.2) is 72.8 Å².